The highest BCUT2D eigenvalue weighted by Gasteiger charge is 2.48. The van der Waals surface area contributed by atoms with Crippen molar-refractivity contribution in [2.24, 2.45) is 5.92 Å². The molecule has 0 aromatic heterocycles. The second kappa shape index (κ2) is 4.74. The number of amides is 1. The van der Waals surface area contributed by atoms with Crippen LogP contribution in [0.25, 0.3) is 0 Å². The largest absolute Gasteiger partial charge is 0.376 e. The molecule has 106 valence electrons. The highest BCUT2D eigenvalue weighted by Crippen LogP contribution is 2.41. The highest BCUT2D eigenvalue weighted by atomic mass is 16.5. The summed E-state index contributed by atoms with van der Waals surface area (Å²) in [6, 6.07) is 0.342. The van der Waals surface area contributed by atoms with Gasteiger partial charge in [0.15, 0.2) is 0 Å². The fraction of sp³-hybridized carbons (Fsp3) is 0.933. The van der Waals surface area contributed by atoms with E-state index in [1.54, 1.807) is 0 Å². The molecule has 3 aliphatic heterocycles. The van der Waals surface area contributed by atoms with Gasteiger partial charge in [-0.15, -0.1) is 0 Å². The minimum Gasteiger partial charge on any atom is -0.376 e. The molecule has 2 bridgehead atoms. The summed E-state index contributed by atoms with van der Waals surface area (Å²) in [5, 5.41) is 0. The van der Waals surface area contributed by atoms with Crippen molar-refractivity contribution in [3.05, 3.63) is 0 Å². The molecular weight excluding hydrogens is 242 g/mol. The van der Waals surface area contributed by atoms with Crippen LogP contribution in [0, 0.1) is 5.92 Å². The number of rotatable bonds is 1. The van der Waals surface area contributed by atoms with E-state index in [4.69, 9.17) is 9.47 Å². The molecule has 0 N–H and O–H groups in total. The van der Waals surface area contributed by atoms with Gasteiger partial charge in [0, 0.05) is 13.2 Å². The van der Waals surface area contributed by atoms with Crippen molar-refractivity contribution in [1.82, 2.24) is 4.90 Å². The predicted octanol–water partition coefficient (Wildman–Crippen LogP) is 1.72. The van der Waals surface area contributed by atoms with Gasteiger partial charge in [-0.2, -0.15) is 0 Å². The van der Waals surface area contributed by atoms with Crippen LogP contribution in [-0.4, -0.2) is 48.3 Å². The lowest BCUT2D eigenvalue weighted by molar-refractivity contribution is -0.140. The fourth-order valence-electron chi connectivity index (χ4n) is 4.48. The van der Waals surface area contributed by atoms with Crippen LogP contribution in [-0.2, 0) is 14.3 Å². The number of nitrogens with zero attached hydrogens (tertiary/aromatic N) is 1. The molecule has 0 aromatic rings. The SMILES string of the molecule is O=C([C@@H]1C[C@H]2CC[C@H]1O2)N1CCCO[C@H]2CCC[C@H]21. The van der Waals surface area contributed by atoms with E-state index in [9.17, 15) is 4.79 Å². The molecular formula is C15H23NO3. The minimum atomic E-state index is 0.137. The van der Waals surface area contributed by atoms with Gasteiger partial charge in [0.1, 0.15) is 0 Å². The van der Waals surface area contributed by atoms with Gasteiger partial charge in [0.25, 0.3) is 0 Å². The van der Waals surface area contributed by atoms with Crippen molar-refractivity contribution < 1.29 is 14.3 Å². The summed E-state index contributed by atoms with van der Waals surface area (Å²) in [6.07, 6.45) is 8.50. The summed E-state index contributed by atoms with van der Waals surface area (Å²) < 4.78 is 11.8. The Balaban J connectivity index is 1.51. The molecule has 0 spiro atoms. The highest BCUT2D eigenvalue weighted by molar-refractivity contribution is 5.80. The van der Waals surface area contributed by atoms with E-state index >= 15 is 0 Å². The maximum Gasteiger partial charge on any atom is 0.228 e. The zero-order valence-electron chi connectivity index (χ0n) is 11.4. The maximum atomic E-state index is 12.9. The first kappa shape index (κ1) is 12.2. The molecule has 0 radical (unpaired) electrons. The number of hydrogen-bond donors (Lipinski definition) is 0. The minimum absolute atomic E-state index is 0.137. The molecule has 3 saturated heterocycles. The van der Waals surface area contributed by atoms with E-state index < -0.39 is 0 Å². The van der Waals surface area contributed by atoms with Crippen LogP contribution in [0.4, 0.5) is 0 Å². The van der Waals surface area contributed by atoms with Crippen LogP contribution in [0.2, 0.25) is 0 Å². The van der Waals surface area contributed by atoms with Gasteiger partial charge in [-0.1, -0.05) is 0 Å². The second-order valence-corrected chi connectivity index (χ2v) is 6.51. The van der Waals surface area contributed by atoms with Crippen molar-refractivity contribution in [1.29, 1.82) is 0 Å². The van der Waals surface area contributed by atoms with Crippen LogP contribution < -0.4 is 0 Å². The lowest BCUT2D eigenvalue weighted by Gasteiger charge is -2.33. The molecule has 1 amide bonds. The lowest BCUT2D eigenvalue weighted by atomic mass is 9.87. The topological polar surface area (TPSA) is 38.8 Å². The molecule has 4 nitrogen and oxygen atoms in total. The Labute approximate surface area is 114 Å². The van der Waals surface area contributed by atoms with Gasteiger partial charge >= 0.3 is 0 Å². The van der Waals surface area contributed by atoms with E-state index in [0.717, 1.165) is 51.7 Å². The Morgan fingerprint density at radius 3 is 2.79 bits per heavy atom. The Kier molecular flexibility index (Phi) is 3.03. The van der Waals surface area contributed by atoms with Crippen molar-refractivity contribution in [3.63, 3.8) is 0 Å². The summed E-state index contributed by atoms with van der Waals surface area (Å²) in [6.45, 7) is 1.70. The fourth-order valence-corrected chi connectivity index (χ4v) is 4.48. The smallest absolute Gasteiger partial charge is 0.228 e. The average Bonchev–Trinajstić information content (AvgIpc) is 3.12. The summed E-state index contributed by atoms with van der Waals surface area (Å²) in [7, 11) is 0. The molecule has 4 rings (SSSR count). The van der Waals surface area contributed by atoms with Gasteiger partial charge in [0.2, 0.25) is 5.91 Å². The molecule has 4 heteroatoms. The van der Waals surface area contributed by atoms with Gasteiger partial charge in [-0.25, -0.2) is 0 Å². The number of fused-ring (bicyclic) bond motifs is 3. The molecule has 0 aromatic carbocycles. The van der Waals surface area contributed by atoms with Crippen LogP contribution in [0.5, 0.6) is 0 Å². The molecule has 1 aliphatic carbocycles. The maximum absolute atomic E-state index is 12.9. The van der Waals surface area contributed by atoms with E-state index in [1.807, 2.05) is 0 Å². The molecule has 3 heterocycles. The molecule has 19 heavy (non-hydrogen) atoms. The molecule has 4 fully saturated rings. The third-order valence-electron chi connectivity index (χ3n) is 5.40. The number of carbonyl (C=O) groups is 1. The molecule has 1 saturated carbocycles. The number of hydrogen-bond acceptors (Lipinski definition) is 3. The van der Waals surface area contributed by atoms with Crippen molar-refractivity contribution in [3.8, 4) is 0 Å². The van der Waals surface area contributed by atoms with E-state index in [2.05, 4.69) is 4.90 Å². The molecule has 0 unspecified atom stereocenters. The third kappa shape index (κ3) is 2.00. The van der Waals surface area contributed by atoms with Crippen LogP contribution in [0.1, 0.15) is 44.9 Å². The van der Waals surface area contributed by atoms with Crippen LogP contribution in [0.3, 0.4) is 0 Å². The first-order valence-corrected chi connectivity index (χ1v) is 7.90. The first-order valence-electron chi connectivity index (χ1n) is 7.90. The summed E-state index contributed by atoms with van der Waals surface area (Å²) in [4.78, 5) is 15.0. The number of ether oxygens (including phenoxy) is 2. The summed E-state index contributed by atoms with van der Waals surface area (Å²) >= 11 is 0. The first-order chi connectivity index (χ1) is 9.33. The standard InChI is InChI=1S/C15H23NO3/c17-15(11-9-10-5-6-13(11)19-10)16-7-2-8-18-14-4-1-3-12(14)16/h10-14H,1-9H2/t10-,11-,12-,13-,14+/m1/s1. The van der Waals surface area contributed by atoms with E-state index in [1.165, 1.54) is 6.42 Å². The predicted molar refractivity (Wildman–Crippen MR) is 69.7 cm³/mol. The van der Waals surface area contributed by atoms with Gasteiger partial charge in [-0.3, -0.25) is 4.79 Å². The van der Waals surface area contributed by atoms with Crippen molar-refractivity contribution >= 4 is 5.91 Å². The van der Waals surface area contributed by atoms with Crippen LogP contribution in [0.15, 0.2) is 0 Å². The quantitative estimate of drug-likeness (QED) is 0.724. The molecule has 4 aliphatic rings. The summed E-state index contributed by atoms with van der Waals surface area (Å²) in [5.74, 6) is 0.493. The van der Waals surface area contributed by atoms with E-state index in [0.29, 0.717) is 24.2 Å². The Morgan fingerprint density at radius 2 is 2.00 bits per heavy atom. The van der Waals surface area contributed by atoms with Gasteiger partial charge < -0.3 is 14.4 Å². The normalized spacial score (nSPS) is 45.3. The zero-order chi connectivity index (χ0) is 12.8. The van der Waals surface area contributed by atoms with Crippen molar-refractivity contribution in [2.45, 2.75) is 69.3 Å². The zero-order valence-corrected chi connectivity index (χ0v) is 11.4. The monoisotopic (exact) mass is 265 g/mol. The average molecular weight is 265 g/mol. The Morgan fingerprint density at radius 1 is 1.05 bits per heavy atom. The van der Waals surface area contributed by atoms with Crippen molar-refractivity contribution in [2.75, 3.05) is 13.2 Å². The summed E-state index contributed by atoms with van der Waals surface area (Å²) in [5.41, 5.74) is 0. The Bertz CT molecular complexity index is 372. The van der Waals surface area contributed by atoms with Gasteiger partial charge in [0.05, 0.1) is 30.3 Å². The Hall–Kier alpha value is -0.610. The third-order valence-corrected chi connectivity index (χ3v) is 5.40. The van der Waals surface area contributed by atoms with Gasteiger partial charge in [-0.05, 0) is 44.9 Å². The van der Waals surface area contributed by atoms with E-state index in [-0.39, 0.29) is 12.0 Å². The lowest BCUT2D eigenvalue weighted by Crippen LogP contribution is -2.48. The molecule has 5 atom stereocenters. The second-order valence-electron chi connectivity index (χ2n) is 6.51. The van der Waals surface area contributed by atoms with Crippen LogP contribution >= 0.6 is 0 Å². The number of carbonyl (C=O) groups excluding carboxylic acids is 1.